The van der Waals surface area contributed by atoms with Crippen molar-refractivity contribution in [2.75, 3.05) is 0 Å². The Morgan fingerprint density at radius 2 is 2.36 bits per heavy atom. The predicted molar refractivity (Wildman–Crippen MR) is 50.4 cm³/mol. The highest BCUT2D eigenvalue weighted by molar-refractivity contribution is 5.41. The van der Waals surface area contributed by atoms with Gasteiger partial charge in [0.25, 0.3) is 5.69 Å². The maximum absolute atomic E-state index is 10.4. The van der Waals surface area contributed by atoms with Crippen molar-refractivity contribution in [1.29, 1.82) is 0 Å². The maximum atomic E-state index is 10.4. The largest absolute Gasteiger partial charge is 0.269 e. The molecule has 0 aromatic heterocycles. The zero-order valence-electron chi connectivity index (χ0n) is 7.25. The minimum Gasteiger partial charge on any atom is -0.258 e. The lowest BCUT2D eigenvalue weighted by Gasteiger charge is -2.00. The van der Waals surface area contributed by atoms with Crippen molar-refractivity contribution in [1.82, 2.24) is 0 Å². The molecule has 0 atom stereocenters. The highest BCUT2D eigenvalue weighted by Crippen LogP contribution is 2.17. The summed E-state index contributed by atoms with van der Waals surface area (Å²) in [6.07, 6.45) is 0. The van der Waals surface area contributed by atoms with Crippen LogP contribution in [0.1, 0.15) is 11.1 Å². The van der Waals surface area contributed by atoms with Gasteiger partial charge < -0.3 is 0 Å². The molecule has 0 aliphatic heterocycles. The van der Waals surface area contributed by atoms with Crippen molar-refractivity contribution >= 4 is 5.69 Å². The van der Waals surface area contributed by atoms with Gasteiger partial charge in [-0.3, -0.25) is 10.1 Å². The molecule has 1 rings (SSSR count). The van der Waals surface area contributed by atoms with Crippen molar-refractivity contribution in [3.05, 3.63) is 56.8 Å². The zero-order chi connectivity index (χ0) is 10.6. The second-order valence-corrected chi connectivity index (χ2v) is 2.60. The quantitative estimate of drug-likeness (QED) is 0.241. The van der Waals surface area contributed by atoms with Gasteiger partial charge in [-0.25, -0.2) is 0 Å². The van der Waals surface area contributed by atoms with Crippen LogP contribution in [-0.2, 0) is 6.54 Å². The number of rotatable bonds is 3. The van der Waals surface area contributed by atoms with Crippen molar-refractivity contribution < 1.29 is 4.92 Å². The molecule has 6 nitrogen and oxygen atoms in total. The van der Waals surface area contributed by atoms with Gasteiger partial charge in [-0.1, -0.05) is 11.2 Å². The summed E-state index contributed by atoms with van der Waals surface area (Å²) >= 11 is 0. The second-order valence-electron chi connectivity index (χ2n) is 2.60. The molecule has 14 heavy (non-hydrogen) atoms. The Bertz CT molecular complexity index is 410. The average molecular weight is 191 g/mol. The minimum atomic E-state index is -0.501. The molecule has 0 spiro atoms. The first-order valence-electron chi connectivity index (χ1n) is 3.75. The molecule has 0 saturated heterocycles. The SMILES string of the molecule is [CH2]c1ccc([N+](=O)[O-])cc1CN=[N+]=[N-]. The standard InChI is InChI=1S/C8H7N4O2/c1-6-2-3-8(12(13)14)4-7(6)5-10-11-9/h2-4H,1,5H2. The normalized spacial score (nSPS) is 9.21. The van der Waals surface area contributed by atoms with Crippen LogP contribution in [0.5, 0.6) is 0 Å². The van der Waals surface area contributed by atoms with E-state index in [0.717, 1.165) is 0 Å². The topological polar surface area (TPSA) is 91.9 Å². The fourth-order valence-corrected chi connectivity index (χ4v) is 0.981. The molecule has 0 N–H and O–H groups in total. The highest BCUT2D eigenvalue weighted by atomic mass is 16.6. The van der Waals surface area contributed by atoms with Crippen LogP contribution in [0.2, 0.25) is 0 Å². The minimum absolute atomic E-state index is 0.0273. The molecule has 1 aromatic rings. The number of nitro benzene ring substituents is 1. The Kier molecular flexibility index (Phi) is 3.04. The third-order valence-electron chi connectivity index (χ3n) is 1.70. The number of nitrogens with zero attached hydrogens (tertiary/aromatic N) is 4. The summed E-state index contributed by atoms with van der Waals surface area (Å²) < 4.78 is 0. The van der Waals surface area contributed by atoms with Crippen LogP contribution < -0.4 is 0 Å². The third kappa shape index (κ3) is 2.21. The van der Waals surface area contributed by atoms with Crippen molar-refractivity contribution in [3.8, 4) is 0 Å². The molecule has 1 radical (unpaired) electrons. The number of hydrogen-bond donors (Lipinski definition) is 0. The van der Waals surface area contributed by atoms with E-state index < -0.39 is 4.92 Å². The van der Waals surface area contributed by atoms with Gasteiger partial charge >= 0.3 is 0 Å². The molecular formula is C8H7N4O2. The van der Waals surface area contributed by atoms with E-state index in [2.05, 4.69) is 16.9 Å². The summed E-state index contributed by atoms with van der Waals surface area (Å²) in [7, 11) is 0. The molecule has 71 valence electrons. The third-order valence-corrected chi connectivity index (χ3v) is 1.70. The Balaban J connectivity index is 3.07. The number of benzene rings is 1. The summed E-state index contributed by atoms with van der Waals surface area (Å²) in [5, 5.41) is 13.7. The Hall–Kier alpha value is -2.07. The molecule has 0 saturated carbocycles. The summed E-state index contributed by atoms with van der Waals surface area (Å²) in [5.41, 5.74) is 9.27. The summed E-state index contributed by atoms with van der Waals surface area (Å²) in [4.78, 5) is 12.5. The first-order valence-corrected chi connectivity index (χ1v) is 3.75. The number of hydrogen-bond acceptors (Lipinski definition) is 3. The van der Waals surface area contributed by atoms with Gasteiger partial charge in [-0.15, -0.1) is 0 Å². The number of nitro groups is 1. The van der Waals surface area contributed by atoms with Gasteiger partial charge in [0.2, 0.25) is 0 Å². The zero-order valence-corrected chi connectivity index (χ0v) is 7.25. The lowest BCUT2D eigenvalue weighted by atomic mass is 10.1. The van der Waals surface area contributed by atoms with Crippen molar-refractivity contribution in [2.24, 2.45) is 5.11 Å². The maximum Gasteiger partial charge on any atom is 0.269 e. The van der Waals surface area contributed by atoms with Crippen LogP contribution >= 0.6 is 0 Å². The number of azide groups is 1. The molecule has 0 aliphatic rings. The fourth-order valence-electron chi connectivity index (χ4n) is 0.981. The molecule has 0 amide bonds. The van der Waals surface area contributed by atoms with Gasteiger partial charge in [0.1, 0.15) is 0 Å². The summed E-state index contributed by atoms with van der Waals surface area (Å²) in [6.45, 7) is 3.75. The lowest BCUT2D eigenvalue weighted by Crippen LogP contribution is -1.92. The highest BCUT2D eigenvalue weighted by Gasteiger charge is 2.07. The summed E-state index contributed by atoms with van der Waals surface area (Å²) in [5.74, 6) is 0. The fraction of sp³-hybridized carbons (Fsp3) is 0.125. The Morgan fingerprint density at radius 3 is 2.93 bits per heavy atom. The van der Waals surface area contributed by atoms with E-state index in [1.54, 1.807) is 0 Å². The van der Waals surface area contributed by atoms with Crippen molar-refractivity contribution in [3.63, 3.8) is 0 Å². The van der Waals surface area contributed by atoms with Crippen LogP contribution in [-0.4, -0.2) is 4.92 Å². The molecule has 0 bridgehead atoms. The first-order chi connectivity index (χ1) is 6.65. The molecule has 0 aliphatic carbocycles. The molecule has 0 heterocycles. The van der Waals surface area contributed by atoms with Gasteiger partial charge in [0.05, 0.1) is 11.5 Å². The van der Waals surface area contributed by atoms with E-state index in [1.165, 1.54) is 18.2 Å². The van der Waals surface area contributed by atoms with Gasteiger partial charge in [0, 0.05) is 17.0 Å². The van der Waals surface area contributed by atoms with Crippen LogP contribution in [0.3, 0.4) is 0 Å². The van der Waals surface area contributed by atoms with Gasteiger partial charge in [0.15, 0.2) is 0 Å². The second kappa shape index (κ2) is 4.25. The Labute approximate surface area is 79.9 Å². The van der Waals surface area contributed by atoms with E-state index >= 15 is 0 Å². The Morgan fingerprint density at radius 1 is 1.64 bits per heavy atom. The van der Waals surface area contributed by atoms with Crippen molar-refractivity contribution in [2.45, 2.75) is 6.54 Å². The average Bonchev–Trinajstić information content (AvgIpc) is 2.16. The van der Waals surface area contributed by atoms with Crippen LogP contribution in [0, 0.1) is 17.0 Å². The molecular weight excluding hydrogens is 184 g/mol. The molecule has 6 heteroatoms. The molecule has 0 unspecified atom stereocenters. The van der Waals surface area contributed by atoms with Crippen LogP contribution in [0.25, 0.3) is 10.4 Å². The summed E-state index contributed by atoms with van der Waals surface area (Å²) in [6, 6.07) is 4.25. The van der Waals surface area contributed by atoms with Gasteiger partial charge in [-0.05, 0) is 23.6 Å². The van der Waals surface area contributed by atoms with E-state index in [1.807, 2.05) is 0 Å². The number of non-ortho nitro benzene ring substituents is 1. The van der Waals surface area contributed by atoms with E-state index in [-0.39, 0.29) is 12.2 Å². The molecule has 0 fully saturated rings. The van der Waals surface area contributed by atoms with E-state index in [9.17, 15) is 10.1 Å². The van der Waals surface area contributed by atoms with E-state index in [0.29, 0.717) is 11.1 Å². The first kappa shape index (κ1) is 10.0. The van der Waals surface area contributed by atoms with E-state index in [4.69, 9.17) is 5.53 Å². The van der Waals surface area contributed by atoms with Gasteiger partial charge in [-0.2, -0.15) is 0 Å². The smallest absolute Gasteiger partial charge is 0.258 e. The lowest BCUT2D eigenvalue weighted by molar-refractivity contribution is -0.384. The monoisotopic (exact) mass is 191 g/mol. The van der Waals surface area contributed by atoms with Crippen LogP contribution in [0.4, 0.5) is 5.69 Å². The van der Waals surface area contributed by atoms with Crippen LogP contribution in [0.15, 0.2) is 23.3 Å². The molecule has 1 aromatic carbocycles. The predicted octanol–water partition coefficient (Wildman–Crippen LogP) is 2.59.